The zero-order valence-corrected chi connectivity index (χ0v) is 17.3. The molecule has 2 amide bonds. The Balaban J connectivity index is 1.56. The number of carboxylic acid groups (broad SMARTS) is 1. The Morgan fingerprint density at radius 1 is 0.967 bits per heavy atom. The third kappa shape index (κ3) is 5.67. The highest BCUT2D eigenvalue weighted by Gasteiger charge is 2.30. The maximum Gasteiger partial charge on any atom is 0.337 e. The molecule has 1 aliphatic rings. The van der Waals surface area contributed by atoms with Crippen LogP contribution in [0.3, 0.4) is 0 Å². The third-order valence-corrected chi connectivity index (χ3v) is 5.21. The Morgan fingerprint density at radius 3 is 2.27 bits per heavy atom. The number of benzene rings is 2. The maximum atomic E-state index is 12.6. The molecule has 2 aromatic rings. The smallest absolute Gasteiger partial charge is 0.337 e. The van der Waals surface area contributed by atoms with Gasteiger partial charge in [-0.25, -0.2) is 4.79 Å². The Hall–Kier alpha value is -3.19. The van der Waals surface area contributed by atoms with Gasteiger partial charge in [-0.2, -0.15) is 0 Å². The number of hydrogen-bond donors (Lipinski definition) is 3. The summed E-state index contributed by atoms with van der Waals surface area (Å²) in [6.07, 6.45) is 2.21. The van der Waals surface area contributed by atoms with Gasteiger partial charge in [-0.05, 0) is 49.9 Å². The first-order chi connectivity index (χ1) is 14.3. The molecule has 0 aliphatic heterocycles. The van der Waals surface area contributed by atoms with Crippen LogP contribution in [0.25, 0.3) is 0 Å². The van der Waals surface area contributed by atoms with Crippen LogP contribution in [-0.2, 0) is 9.59 Å². The SMILES string of the molecule is Cc1cccc(C)c1NC(=O)CN(CCC(=O)Nc1ccccc1C(=O)O)C1CC1. The van der Waals surface area contributed by atoms with Gasteiger partial charge in [0.15, 0.2) is 0 Å². The predicted octanol–water partition coefficient (Wildman–Crippen LogP) is 3.43. The van der Waals surface area contributed by atoms with Crippen molar-refractivity contribution in [3.8, 4) is 0 Å². The van der Waals surface area contributed by atoms with Crippen molar-refractivity contribution in [2.75, 3.05) is 23.7 Å². The van der Waals surface area contributed by atoms with Crippen LogP contribution in [0, 0.1) is 13.8 Å². The second-order valence-corrected chi connectivity index (χ2v) is 7.67. The fourth-order valence-corrected chi connectivity index (χ4v) is 3.44. The summed E-state index contributed by atoms with van der Waals surface area (Å²) in [5, 5.41) is 14.9. The van der Waals surface area contributed by atoms with E-state index in [1.54, 1.807) is 18.2 Å². The van der Waals surface area contributed by atoms with Crippen LogP contribution in [0.2, 0.25) is 0 Å². The monoisotopic (exact) mass is 409 g/mol. The predicted molar refractivity (Wildman–Crippen MR) is 116 cm³/mol. The number of anilines is 2. The van der Waals surface area contributed by atoms with Gasteiger partial charge in [0.2, 0.25) is 11.8 Å². The fraction of sp³-hybridized carbons (Fsp3) is 0.348. The van der Waals surface area contributed by atoms with Crippen molar-refractivity contribution in [3.05, 3.63) is 59.2 Å². The van der Waals surface area contributed by atoms with Gasteiger partial charge in [-0.15, -0.1) is 0 Å². The average molecular weight is 409 g/mol. The fourth-order valence-electron chi connectivity index (χ4n) is 3.44. The van der Waals surface area contributed by atoms with Crippen molar-refractivity contribution in [3.63, 3.8) is 0 Å². The van der Waals surface area contributed by atoms with Gasteiger partial charge in [-0.1, -0.05) is 30.3 Å². The number of amides is 2. The first kappa shape index (κ1) is 21.5. The largest absolute Gasteiger partial charge is 0.478 e. The molecule has 1 saturated carbocycles. The average Bonchev–Trinajstić information content (AvgIpc) is 3.53. The summed E-state index contributed by atoms with van der Waals surface area (Å²) in [5.41, 5.74) is 3.19. The minimum Gasteiger partial charge on any atom is -0.478 e. The van der Waals surface area contributed by atoms with Crippen LogP contribution < -0.4 is 10.6 Å². The standard InChI is InChI=1S/C23H27N3O4/c1-15-6-5-7-16(2)22(15)25-21(28)14-26(17-10-11-17)13-12-20(27)24-19-9-4-3-8-18(19)23(29)30/h3-9,17H,10-14H2,1-2H3,(H,24,27)(H,25,28)(H,29,30). The molecule has 158 valence electrons. The molecule has 0 atom stereocenters. The number of carbonyl (C=O) groups excluding carboxylic acids is 2. The minimum absolute atomic E-state index is 0.0536. The number of carbonyl (C=O) groups is 3. The number of aryl methyl sites for hydroxylation is 2. The van der Waals surface area contributed by atoms with Crippen molar-refractivity contribution in [2.24, 2.45) is 0 Å². The Bertz CT molecular complexity index is 933. The number of para-hydroxylation sites is 2. The van der Waals surface area contributed by atoms with E-state index in [1.807, 2.05) is 36.9 Å². The molecule has 0 bridgehead atoms. The van der Waals surface area contributed by atoms with E-state index >= 15 is 0 Å². The first-order valence-electron chi connectivity index (χ1n) is 10.1. The summed E-state index contributed by atoms with van der Waals surface area (Å²) in [7, 11) is 0. The van der Waals surface area contributed by atoms with Gasteiger partial charge in [0.25, 0.3) is 0 Å². The van der Waals surface area contributed by atoms with E-state index < -0.39 is 5.97 Å². The summed E-state index contributed by atoms with van der Waals surface area (Å²) in [5.74, 6) is -1.46. The molecule has 0 radical (unpaired) electrons. The lowest BCUT2D eigenvalue weighted by Crippen LogP contribution is -2.37. The number of aromatic carboxylic acids is 1. The molecule has 0 saturated heterocycles. The van der Waals surface area contributed by atoms with Gasteiger partial charge in [-0.3, -0.25) is 14.5 Å². The highest BCUT2D eigenvalue weighted by Crippen LogP contribution is 2.27. The lowest BCUT2D eigenvalue weighted by Gasteiger charge is -2.22. The summed E-state index contributed by atoms with van der Waals surface area (Å²) in [6.45, 7) is 4.57. The van der Waals surface area contributed by atoms with Gasteiger partial charge >= 0.3 is 5.97 Å². The van der Waals surface area contributed by atoms with E-state index in [2.05, 4.69) is 10.6 Å². The highest BCUT2D eigenvalue weighted by molar-refractivity contribution is 6.00. The summed E-state index contributed by atoms with van der Waals surface area (Å²) in [6, 6.07) is 12.5. The molecule has 0 heterocycles. The number of rotatable bonds is 9. The number of nitrogens with zero attached hydrogens (tertiary/aromatic N) is 1. The molecule has 0 unspecified atom stereocenters. The summed E-state index contributed by atoms with van der Waals surface area (Å²) < 4.78 is 0. The van der Waals surface area contributed by atoms with Crippen LogP contribution in [0.4, 0.5) is 11.4 Å². The van der Waals surface area contributed by atoms with Crippen molar-refractivity contribution in [1.82, 2.24) is 4.90 Å². The van der Waals surface area contributed by atoms with E-state index in [0.717, 1.165) is 29.7 Å². The quantitative estimate of drug-likeness (QED) is 0.589. The van der Waals surface area contributed by atoms with E-state index in [9.17, 15) is 19.5 Å². The zero-order chi connectivity index (χ0) is 21.7. The Labute approximate surface area is 176 Å². The second-order valence-electron chi connectivity index (χ2n) is 7.67. The normalized spacial score (nSPS) is 13.2. The van der Waals surface area contributed by atoms with E-state index in [4.69, 9.17) is 0 Å². The van der Waals surface area contributed by atoms with Crippen LogP contribution in [0.15, 0.2) is 42.5 Å². The van der Waals surface area contributed by atoms with Crippen LogP contribution in [0.5, 0.6) is 0 Å². The Kier molecular flexibility index (Phi) is 6.84. The first-order valence-corrected chi connectivity index (χ1v) is 10.1. The van der Waals surface area contributed by atoms with Gasteiger partial charge < -0.3 is 15.7 Å². The van der Waals surface area contributed by atoms with Gasteiger partial charge in [0, 0.05) is 24.7 Å². The highest BCUT2D eigenvalue weighted by atomic mass is 16.4. The molecule has 7 heteroatoms. The van der Waals surface area contributed by atoms with Crippen LogP contribution >= 0.6 is 0 Å². The molecule has 3 N–H and O–H groups in total. The molecule has 7 nitrogen and oxygen atoms in total. The van der Waals surface area contributed by atoms with Crippen LogP contribution in [0.1, 0.15) is 40.7 Å². The molecule has 30 heavy (non-hydrogen) atoms. The van der Waals surface area contributed by atoms with Crippen molar-refractivity contribution in [1.29, 1.82) is 0 Å². The molecule has 2 aromatic carbocycles. The Morgan fingerprint density at radius 2 is 1.63 bits per heavy atom. The number of hydrogen-bond acceptors (Lipinski definition) is 4. The maximum absolute atomic E-state index is 12.6. The molecular formula is C23H27N3O4. The summed E-state index contributed by atoms with van der Waals surface area (Å²) >= 11 is 0. The summed E-state index contributed by atoms with van der Waals surface area (Å²) in [4.78, 5) is 38.3. The third-order valence-electron chi connectivity index (χ3n) is 5.21. The van der Waals surface area contributed by atoms with Gasteiger partial charge in [0.1, 0.15) is 0 Å². The second kappa shape index (κ2) is 9.54. The van der Waals surface area contributed by atoms with E-state index in [0.29, 0.717) is 12.6 Å². The molecular weight excluding hydrogens is 382 g/mol. The minimum atomic E-state index is -1.09. The van der Waals surface area contributed by atoms with E-state index in [-0.39, 0.29) is 36.0 Å². The molecule has 1 fully saturated rings. The molecule has 0 spiro atoms. The lowest BCUT2D eigenvalue weighted by molar-refractivity contribution is -0.119. The van der Waals surface area contributed by atoms with Crippen molar-refractivity contribution >= 4 is 29.2 Å². The lowest BCUT2D eigenvalue weighted by atomic mass is 10.1. The van der Waals surface area contributed by atoms with Crippen LogP contribution in [-0.4, -0.2) is 46.9 Å². The molecule has 0 aromatic heterocycles. The van der Waals surface area contributed by atoms with E-state index in [1.165, 1.54) is 6.07 Å². The zero-order valence-electron chi connectivity index (χ0n) is 17.3. The van der Waals surface area contributed by atoms with Crippen molar-refractivity contribution < 1.29 is 19.5 Å². The molecule has 3 rings (SSSR count). The number of nitrogens with one attached hydrogen (secondary N) is 2. The number of carboxylic acids is 1. The topological polar surface area (TPSA) is 98.7 Å². The molecule has 1 aliphatic carbocycles. The van der Waals surface area contributed by atoms with Gasteiger partial charge in [0.05, 0.1) is 17.8 Å². The van der Waals surface area contributed by atoms with Crippen molar-refractivity contribution in [2.45, 2.75) is 39.2 Å².